The summed E-state index contributed by atoms with van der Waals surface area (Å²) in [5.41, 5.74) is 2.86. The van der Waals surface area contributed by atoms with Crippen LogP contribution in [0, 0.1) is 6.92 Å². The van der Waals surface area contributed by atoms with E-state index in [1.165, 1.54) is 0 Å². The van der Waals surface area contributed by atoms with Gasteiger partial charge in [0.25, 0.3) is 0 Å². The van der Waals surface area contributed by atoms with Crippen molar-refractivity contribution in [2.45, 2.75) is 17.6 Å². The van der Waals surface area contributed by atoms with Crippen molar-refractivity contribution < 1.29 is 9.21 Å². The first kappa shape index (κ1) is 14.2. The molecule has 1 heterocycles. The maximum Gasteiger partial charge on any atom is 0.301 e. The monoisotopic (exact) mass is 340 g/mol. The number of benzene rings is 1. The maximum atomic E-state index is 11.4. The van der Waals surface area contributed by atoms with E-state index in [1.54, 1.807) is 11.8 Å². The zero-order valence-electron chi connectivity index (χ0n) is 10.3. The van der Waals surface area contributed by atoms with Gasteiger partial charge in [-0.25, -0.2) is 5.84 Å². The van der Waals surface area contributed by atoms with Crippen LogP contribution >= 0.6 is 27.7 Å². The quantitative estimate of drug-likeness (QED) is 0.388. The third kappa shape index (κ3) is 3.62. The minimum absolute atomic E-state index is 0.271. The maximum absolute atomic E-state index is 11.4. The van der Waals surface area contributed by atoms with E-state index in [4.69, 9.17) is 10.3 Å². The summed E-state index contributed by atoms with van der Waals surface area (Å²) < 4.78 is 6.53. The second kappa shape index (κ2) is 6.27. The highest BCUT2D eigenvalue weighted by atomic mass is 79.9. The van der Waals surface area contributed by atoms with Crippen LogP contribution in [0.4, 0.5) is 0 Å². The average Bonchev–Trinajstić information content (AvgIpc) is 2.77. The van der Waals surface area contributed by atoms with E-state index in [1.807, 2.05) is 37.3 Å². The number of nitrogens with one attached hydrogen (secondary N) is 1. The second-order valence-electron chi connectivity index (χ2n) is 3.94. The van der Waals surface area contributed by atoms with Crippen LogP contribution in [-0.4, -0.2) is 5.91 Å². The number of rotatable bonds is 4. The Bertz CT molecular complexity index is 598. The number of furan rings is 1. The topological polar surface area (TPSA) is 68.3 Å². The number of nitrogens with two attached hydrogens (primary N) is 1. The van der Waals surface area contributed by atoms with Gasteiger partial charge in [0.2, 0.25) is 0 Å². The first-order chi connectivity index (χ1) is 9.10. The van der Waals surface area contributed by atoms with Crippen LogP contribution < -0.4 is 11.3 Å². The lowest BCUT2D eigenvalue weighted by atomic mass is 10.2. The molecule has 1 aromatic heterocycles. The molecular formula is C13H13BrN2O2S. The Balaban J connectivity index is 2.06. The lowest BCUT2D eigenvalue weighted by molar-refractivity contribution is 0.0923. The number of hydrazine groups is 1. The fourth-order valence-corrected chi connectivity index (χ4v) is 3.01. The van der Waals surface area contributed by atoms with Crippen molar-refractivity contribution in [1.82, 2.24) is 5.43 Å². The molecule has 0 saturated heterocycles. The number of thioether (sulfide) groups is 1. The average molecular weight is 341 g/mol. The number of nitrogen functional groups attached to an aromatic ring is 1. The van der Waals surface area contributed by atoms with E-state index < -0.39 is 5.91 Å². The third-order valence-corrected chi connectivity index (χ3v) is 3.99. The van der Waals surface area contributed by atoms with Crippen molar-refractivity contribution in [3.63, 3.8) is 0 Å². The highest BCUT2D eigenvalue weighted by Gasteiger charge is 2.14. The Morgan fingerprint density at radius 2 is 2.26 bits per heavy atom. The van der Waals surface area contributed by atoms with E-state index >= 15 is 0 Å². The van der Waals surface area contributed by atoms with Crippen molar-refractivity contribution in [1.29, 1.82) is 0 Å². The molecule has 0 fully saturated rings. The number of carbonyl (C=O) groups excluding carboxylic acids is 1. The molecule has 2 rings (SSSR count). The Kier molecular flexibility index (Phi) is 4.68. The van der Waals surface area contributed by atoms with Gasteiger partial charge in [0.05, 0.1) is 5.75 Å². The molecule has 1 amide bonds. The van der Waals surface area contributed by atoms with Crippen LogP contribution in [0.2, 0.25) is 0 Å². The molecule has 2 aromatic rings. The standard InChI is InChI=1S/C13H13BrN2O2S/c1-8-5-10(18-12(8)13(17)16-15)7-19-11-4-2-3-9(14)6-11/h2-6H,7,15H2,1H3,(H,16,17). The molecule has 0 unspecified atom stereocenters. The first-order valence-electron chi connectivity index (χ1n) is 5.59. The van der Waals surface area contributed by atoms with Gasteiger partial charge in [0, 0.05) is 14.9 Å². The highest BCUT2D eigenvalue weighted by Crippen LogP contribution is 2.27. The summed E-state index contributed by atoms with van der Waals surface area (Å²) in [6.07, 6.45) is 0. The second-order valence-corrected chi connectivity index (χ2v) is 5.91. The van der Waals surface area contributed by atoms with E-state index in [2.05, 4.69) is 21.4 Å². The molecule has 0 aliphatic carbocycles. The molecule has 100 valence electrons. The summed E-state index contributed by atoms with van der Waals surface area (Å²) in [6, 6.07) is 9.88. The molecule has 19 heavy (non-hydrogen) atoms. The van der Waals surface area contributed by atoms with Crippen molar-refractivity contribution in [2.24, 2.45) is 5.84 Å². The van der Waals surface area contributed by atoms with Crippen molar-refractivity contribution in [2.75, 3.05) is 0 Å². The number of carbonyl (C=O) groups is 1. The molecule has 0 atom stereocenters. The van der Waals surface area contributed by atoms with Gasteiger partial charge in [-0.15, -0.1) is 11.8 Å². The molecular weight excluding hydrogens is 328 g/mol. The van der Waals surface area contributed by atoms with Gasteiger partial charge in [-0.05, 0) is 31.2 Å². The molecule has 0 bridgehead atoms. The number of halogens is 1. The lowest BCUT2D eigenvalue weighted by Gasteiger charge is -2.00. The SMILES string of the molecule is Cc1cc(CSc2cccc(Br)c2)oc1C(=O)NN. The minimum Gasteiger partial charge on any atom is -0.455 e. The van der Waals surface area contributed by atoms with Gasteiger partial charge in [-0.1, -0.05) is 22.0 Å². The number of hydrogen-bond donors (Lipinski definition) is 2. The van der Waals surface area contributed by atoms with Gasteiger partial charge in [0.1, 0.15) is 5.76 Å². The summed E-state index contributed by atoms with van der Waals surface area (Å²) in [4.78, 5) is 12.6. The van der Waals surface area contributed by atoms with Crippen LogP contribution in [0.25, 0.3) is 0 Å². The van der Waals surface area contributed by atoms with E-state index in [-0.39, 0.29) is 5.76 Å². The van der Waals surface area contributed by atoms with Crippen molar-refractivity contribution in [3.05, 3.63) is 51.9 Å². The van der Waals surface area contributed by atoms with Crippen molar-refractivity contribution >= 4 is 33.6 Å². The van der Waals surface area contributed by atoms with Gasteiger partial charge < -0.3 is 4.42 Å². The van der Waals surface area contributed by atoms with Gasteiger partial charge in [-0.2, -0.15) is 0 Å². The summed E-state index contributed by atoms with van der Waals surface area (Å²) >= 11 is 5.07. The Morgan fingerprint density at radius 1 is 1.47 bits per heavy atom. The summed E-state index contributed by atoms with van der Waals surface area (Å²) in [5.74, 6) is 6.37. The minimum atomic E-state index is -0.406. The van der Waals surface area contributed by atoms with Crippen LogP contribution in [-0.2, 0) is 5.75 Å². The Labute approximate surface area is 123 Å². The Morgan fingerprint density at radius 3 is 2.95 bits per heavy atom. The molecule has 1 aromatic carbocycles. The first-order valence-corrected chi connectivity index (χ1v) is 7.36. The molecule has 0 radical (unpaired) electrons. The van der Waals surface area contributed by atoms with Crippen LogP contribution in [0.3, 0.4) is 0 Å². The van der Waals surface area contributed by atoms with Crippen LogP contribution in [0.5, 0.6) is 0 Å². The molecule has 0 aliphatic heterocycles. The fourth-order valence-electron chi connectivity index (χ4n) is 1.62. The molecule has 0 saturated carbocycles. The van der Waals surface area contributed by atoms with E-state index in [0.717, 1.165) is 20.7 Å². The summed E-state index contributed by atoms with van der Waals surface area (Å²) in [6.45, 7) is 1.82. The largest absolute Gasteiger partial charge is 0.455 e. The Hall–Kier alpha value is -1.24. The summed E-state index contributed by atoms with van der Waals surface area (Å²) in [7, 11) is 0. The molecule has 4 nitrogen and oxygen atoms in total. The fraction of sp³-hybridized carbons (Fsp3) is 0.154. The normalized spacial score (nSPS) is 10.5. The molecule has 6 heteroatoms. The molecule has 0 spiro atoms. The van der Waals surface area contributed by atoms with E-state index in [0.29, 0.717) is 5.75 Å². The predicted octanol–water partition coefficient (Wildman–Crippen LogP) is 3.25. The predicted molar refractivity (Wildman–Crippen MR) is 78.8 cm³/mol. The number of amides is 1. The van der Waals surface area contributed by atoms with E-state index in [9.17, 15) is 4.79 Å². The van der Waals surface area contributed by atoms with Crippen LogP contribution in [0.1, 0.15) is 21.9 Å². The van der Waals surface area contributed by atoms with Gasteiger partial charge >= 0.3 is 5.91 Å². The van der Waals surface area contributed by atoms with Crippen molar-refractivity contribution in [3.8, 4) is 0 Å². The van der Waals surface area contributed by atoms with Gasteiger partial charge in [0.15, 0.2) is 5.76 Å². The number of hydrogen-bond acceptors (Lipinski definition) is 4. The van der Waals surface area contributed by atoms with Gasteiger partial charge in [-0.3, -0.25) is 10.2 Å². The summed E-state index contributed by atoms with van der Waals surface area (Å²) in [5, 5.41) is 0. The highest BCUT2D eigenvalue weighted by molar-refractivity contribution is 9.10. The zero-order valence-corrected chi connectivity index (χ0v) is 12.7. The smallest absolute Gasteiger partial charge is 0.301 e. The van der Waals surface area contributed by atoms with Crippen LogP contribution in [0.15, 0.2) is 44.1 Å². The lowest BCUT2D eigenvalue weighted by Crippen LogP contribution is -2.30. The molecule has 3 N–H and O–H groups in total. The molecule has 0 aliphatic rings. The third-order valence-electron chi connectivity index (χ3n) is 2.48. The number of aryl methyl sites for hydroxylation is 1. The zero-order chi connectivity index (χ0) is 13.8.